The monoisotopic (exact) mass is 378 g/mol. The Morgan fingerprint density at radius 3 is 1.82 bits per heavy atom. The van der Waals surface area contributed by atoms with E-state index < -0.39 is 23.6 Å². The lowest BCUT2D eigenvalue weighted by Gasteiger charge is -2.28. The summed E-state index contributed by atoms with van der Waals surface area (Å²) in [5.74, 6) is -2.47. The first-order valence-corrected chi connectivity index (χ1v) is 8.47. The number of hydrogen-bond acceptors (Lipinski definition) is 5. The molecule has 0 aliphatic carbocycles. The van der Waals surface area contributed by atoms with Gasteiger partial charge in [-0.15, -0.1) is 0 Å². The summed E-state index contributed by atoms with van der Waals surface area (Å²) < 4.78 is 0. The maximum atomic E-state index is 12.3. The van der Waals surface area contributed by atoms with E-state index in [0.29, 0.717) is 12.8 Å². The molecule has 0 atom stereocenters. The summed E-state index contributed by atoms with van der Waals surface area (Å²) in [5, 5.41) is 9.12. The molecule has 8 heteroatoms. The Labute approximate surface area is 162 Å². The fourth-order valence-corrected chi connectivity index (χ4v) is 2.92. The Kier molecular flexibility index (Phi) is 5.75. The SMILES string of the molecule is [C-]#[N+]C1=C(C)C(=C)C(=O)N(CCCCN2C(=O)C(=C)C(C)=C(C#N)C2=O)C1=O. The topological polar surface area (TPSA) is 103 Å². The van der Waals surface area contributed by atoms with Gasteiger partial charge in [-0.25, -0.2) is 4.85 Å². The molecule has 2 aliphatic heterocycles. The maximum absolute atomic E-state index is 12.3. The third-order valence-electron chi connectivity index (χ3n) is 4.79. The molecular formula is C20H18N4O4. The largest absolute Gasteiger partial charge is 0.284 e. The molecule has 4 amide bonds. The zero-order valence-corrected chi connectivity index (χ0v) is 15.7. The molecule has 2 heterocycles. The Morgan fingerprint density at radius 2 is 1.36 bits per heavy atom. The van der Waals surface area contributed by atoms with E-state index in [-0.39, 0.29) is 46.7 Å². The molecule has 2 aliphatic rings. The molecule has 0 radical (unpaired) electrons. The van der Waals surface area contributed by atoms with E-state index in [0.717, 1.165) is 9.80 Å². The average Bonchev–Trinajstić information content (AvgIpc) is 2.67. The minimum Gasteiger partial charge on any atom is -0.284 e. The van der Waals surface area contributed by atoms with Crippen molar-refractivity contribution in [1.29, 1.82) is 5.26 Å². The second-order valence-electron chi connectivity index (χ2n) is 6.39. The highest BCUT2D eigenvalue weighted by Gasteiger charge is 2.35. The zero-order chi connectivity index (χ0) is 21.2. The highest BCUT2D eigenvalue weighted by molar-refractivity contribution is 6.18. The summed E-state index contributed by atoms with van der Waals surface area (Å²) in [4.78, 5) is 54.2. The molecule has 0 unspecified atom stereocenters. The fraction of sp³-hybridized carbons (Fsp3) is 0.300. The minimum absolute atomic E-state index is 0.0247. The van der Waals surface area contributed by atoms with E-state index in [1.807, 2.05) is 0 Å². The number of rotatable bonds is 5. The van der Waals surface area contributed by atoms with Gasteiger partial charge in [0.15, 0.2) is 0 Å². The van der Waals surface area contributed by atoms with Crippen LogP contribution in [0.5, 0.6) is 0 Å². The highest BCUT2D eigenvalue weighted by Crippen LogP contribution is 2.26. The molecule has 0 saturated carbocycles. The lowest BCUT2D eigenvalue weighted by atomic mass is 9.96. The second kappa shape index (κ2) is 7.85. The van der Waals surface area contributed by atoms with Crippen LogP contribution in [0.3, 0.4) is 0 Å². The number of unbranched alkanes of at least 4 members (excludes halogenated alkanes) is 1. The van der Waals surface area contributed by atoms with Crippen molar-refractivity contribution < 1.29 is 19.2 Å². The van der Waals surface area contributed by atoms with Crippen LogP contribution in [0.4, 0.5) is 0 Å². The van der Waals surface area contributed by atoms with Crippen molar-refractivity contribution in [3.8, 4) is 6.07 Å². The predicted molar refractivity (Wildman–Crippen MR) is 98.6 cm³/mol. The number of nitrogens with zero attached hydrogens (tertiary/aromatic N) is 4. The maximum Gasteiger partial charge on any atom is 0.271 e. The number of carbonyl (C=O) groups excluding carboxylic acids is 4. The normalized spacial score (nSPS) is 18.1. The van der Waals surface area contributed by atoms with Crippen molar-refractivity contribution in [3.63, 3.8) is 0 Å². The van der Waals surface area contributed by atoms with Gasteiger partial charge in [0.2, 0.25) is 0 Å². The molecule has 0 N–H and O–H groups in total. The van der Waals surface area contributed by atoms with E-state index in [9.17, 15) is 19.2 Å². The first-order valence-electron chi connectivity index (χ1n) is 8.47. The summed E-state index contributed by atoms with van der Waals surface area (Å²) in [6, 6.07) is 1.79. The molecule has 2 rings (SSSR count). The van der Waals surface area contributed by atoms with Gasteiger partial charge in [-0.1, -0.05) is 13.2 Å². The highest BCUT2D eigenvalue weighted by atomic mass is 16.2. The molecule has 0 aromatic heterocycles. The van der Waals surface area contributed by atoms with Gasteiger partial charge in [0.25, 0.3) is 29.3 Å². The Hall–Kier alpha value is -3.78. The Bertz CT molecular complexity index is 905. The van der Waals surface area contributed by atoms with Crippen molar-refractivity contribution in [2.75, 3.05) is 13.1 Å². The van der Waals surface area contributed by atoms with E-state index in [2.05, 4.69) is 18.0 Å². The van der Waals surface area contributed by atoms with E-state index in [4.69, 9.17) is 11.8 Å². The van der Waals surface area contributed by atoms with E-state index in [1.165, 1.54) is 13.8 Å². The van der Waals surface area contributed by atoms with Crippen molar-refractivity contribution in [2.45, 2.75) is 26.7 Å². The molecule has 0 bridgehead atoms. The minimum atomic E-state index is -0.676. The molecular weight excluding hydrogens is 360 g/mol. The van der Waals surface area contributed by atoms with Crippen molar-refractivity contribution in [1.82, 2.24) is 9.80 Å². The van der Waals surface area contributed by atoms with Crippen molar-refractivity contribution >= 4 is 23.6 Å². The van der Waals surface area contributed by atoms with Gasteiger partial charge in [-0.3, -0.25) is 29.0 Å². The first kappa shape index (κ1) is 20.5. The summed E-state index contributed by atoms with van der Waals surface area (Å²) in [7, 11) is 0. The van der Waals surface area contributed by atoms with Crippen LogP contribution in [0.2, 0.25) is 0 Å². The molecule has 0 saturated heterocycles. The van der Waals surface area contributed by atoms with Crippen molar-refractivity contribution in [2.24, 2.45) is 0 Å². The molecule has 0 aromatic rings. The number of hydrogen-bond donors (Lipinski definition) is 0. The van der Waals surface area contributed by atoms with Gasteiger partial charge >= 0.3 is 0 Å². The summed E-state index contributed by atoms with van der Waals surface area (Å²) >= 11 is 0. The first-order chi connectivity index (χ1) is 13.2. The van der Waals surface area contributed by atoms with Gasteiger partial charge in [-0.05, 0) is 37.8 Å². The quantitative estimate of drug-likeness (QED) is 0.313. The summed E-state index contributed by atoms with van der Waals surface area (Å²) in [6.07, 6.45) is 0.616. The average molecular weight is 378 g/mol. The molecule has 142 valence electrons. The summed E-state index contributed by atoms with van der Waals surface area (Å²) in [6.45, 7) is 17.4. The standard InChI is InChI=1S/C20H18N4O4/c1-11-13(3)17(25)23(19(27)15(11)10-21)8-6-7-9-24-18(26)14(4)12(2)16(22-5)20(24)28/h3-4,6-9H2,1-2H3. The van der Waals surface area contributed by atoms with Gasteiger partial charge in [0.1, 0.15) is 11.6 Å². The molecule has 28 heavy (non-hydrogen) atoms. The number of imide groups is 2. The van der Waals surface area contributed by atoms with Gasteiger partial charge in [0, 0.05) is 24.2 Å². The van der Waals surface area contributed by atoms with Crippen molar-refractivity contribution in [3.05, 3.63) is 58.1 Å². The van der Waals surface area contributed by atoms with Crippen LogP contribution in [0.15, 0.2) is 46.7 Å². The number of nitriles is 1. The molecule has 0 aromatic carbocycles. The molecule has 0 spiro atoms. The zero-order valence-electron chi connectivity index (χ0n) is 15.7. The van der Waals surface area contributed by atoms with Gasteiger partial charge in [0.05, 0.1) is 6.57 Å². The van der Waals surface area contributed by atoms with Crippen LogP contribution in [0.1, 0.15) is 26.7 Å². The second-order valence-corrected chi connectivity index (χ2v) is 6.39. The smallest absolute Gasteiger partial charge is 0.271 e. The van der Waals surface area contributed by atoms with Crippen LogP contribution in [0, 0.1) is 17.9 Å². The van der Waals surface area contributed by atoms with Crippen LogP contribution in [0.25, 0.3) is 4.85 Å². The number of carbonyl (C=O) groups is 4. The van der Waals surface area contributed by atoms with E-state index >= 15 is 0 Å². The van der Waals surface area contributed by atoms with Crippen LogP contribution < -0.4 is 0 Å². The third kappa shape index (κ3) is 3.28. The Morgan fingerprint density at radius 1 is 0.893 bits per heavy atom. The fourth-order valence-electron chi connectivity index (χ4n) is 2.92. The predicted octanol–water partition coefficient (Wildman–Crippen LogP) is 1.65. The van der Waals surface area contributed by atoms with Crippen LogP contribution in [-0.2, 0) is 19.2 Å². The summed E-state index contributed by atoms with van der Waals surface area (Å²) in [5.41, 5.74) is 0.478. The van der Waals surface area contributed by atoms with Crippen LogP contribution >= 0.6 is 0 Å². The van der Waals surface area contributed by atoms with Gasteiger partial charge < -0.3 is 0 Å². The lowest BCUT2D eigenvalue weighted by Crippen LogP contribution is -2.44. The third-order valence-corrected chi connectivity index (χ3v) is 4.79. The molecule has 8 nitrogen and oxygen atoms in total. The lowest BCUT2D eigenvalue weighted by molar-refractivity contribution is -0.142. The van der Waals surface area contributed by atoms with Crippen LogP contribution in [-0.4, -0.2) is 46.5 Å². The van der Waals surface area contributed by atoms with Gasteiger partial charge in [-0.2, -0.15) is 5.26 Å². The van der Waals surface area contributed by atoms with E-state index in [1.54, 1.807) is 6.07 Å². The Balaban J connectivity index is 2.04. The number of amides is 4. The molecule has 0 fully saturated rings.